The lowest BCUT2D eigenvalue weighted by atomic mass is 10.2. The molecule has 0 fully saturated rings. The number of hydrogen-bond acceptors (Lipinski definition) is 4. The van der Waals surface area contributed by atoms with Crippen LogP contribution in [0.2, 0.25) is 0 Å². The molecule has 0 atom stereocenters. The summed E-state index contributed by atoms with van der Waals surface area (Å²) in [5.74, 6) is -0.696. The lowest BCUT2D eigenvalue weighted by molar-refractivity contribution is -0.140. The van der Waals surface area contributed by atoms with Crippen LogP contribution in [0.4, 0.5) is 17.6 Å². The fraction of sp³-hybridized carbons (Fsp3) is 0.375. The van der Waals surface area contributed by atoms with Crippen molar-refractivity contribution in [3.8, 4) is 5.75 Å². The Morgan fingerprint density at radius 1 is 1.30 bits per heavy atom. The molecule has 0 bridgehead atoms. The fourth-order valence-corrected chi connectivity index (χ4v) is 2.81. The number of nitrogens with one attached hydrogen (secondary N) is 2. The fourth-order valence-electron chi connectivity index (χ4n) is 2.00. The van der Waals surface area contributed by atoms with E-state index in [-0.39, 0.29) is 30.5 Å². The van der Waals surface area contributed by atoms with Crippen molar-refractivity contribution in [3.05, 3.63) is 45.7 Å². The number of rotatable bonds is 6. The van der Waals surface area contributed by atoms with E-state index < -0.39 is 23.4 Å². The Hall–Kier alpha value is -1.63. The van der Waals surface area contributed by atoms with Gasteiger partial charge < -0.3 is 15.7 Å². The maximum absolute atomic E-state index is 13.3. The summed E-state index contributed by atoms with van der Waals surface area (Å²) in [5.41, 5.74) is -0.306. The minimum Gasteiger partial charge on any atom is -0.505 e. The number of guanidine groups is 1. The third kappa shape index (κ3) is 7.48. The van der Waals surface area contributed by atoms with Crippen molar-refractivity contribution in [3.63, 3.8) is 0 Å². The predicted molar refractivity (Wildman–Crippen MR) is 107 cm³/mol. The molecule has 0 saturated heterocycles. The first-order chi connectivity index (χ1) is 12.3. The summed E-state index contributed by atoms with van der Waals surface area (Å²) in [6, 6.07) is 4.00. The Labute approximate surface area is 174 Å². The minimum absolute atomic E-state index is 0. The normalized spacial score (nSPS) is 11.8. The summed E-state index contributed by atoms with van der Waals surface area (Å²) >= 11 is 0.958. The summed E-state index contributed by atoms with van der Waals surface area (Å²) in [4.78, 5) is 7.84. The van der Waals surface area contributed by atoms with Crippen LogP contribution < -0.4 is 10.6 Å². The van der Waals surface area contributed by atoms with E-state index in [9.17, 15) is 22.7 Å². The van der Waals surface area contributed by atoms with E-state index in [4.69, 9.17) is 0 Å². The quantitative estimate of drug-likeness (QED) is 0.235. The van der Waals surface area contributed by atoms with E-state index in [2.05, 4.69) is 20.6 Å². The van der Waals surface area contributed by atoms with Crippen LogP contribution in [-0.2, 0) is 19.1 Å². The van der Waals surface area contributed by atoms with Crippen molar-refractivity contribution < 1.29 is 22.7 Å². The predicted octanol–water partition coefficient (Wildman–Crippen LogP) is 3.92. The third-order valence-electron chi connectivity index (χ3n) is 3.25. The van der Waals surface area contributed by atoms with E-state index in [0.29, 0.717) is 36.0 Å². The van der Waals surface area contributed by atoms with Gasteiger partial charge in [0.15, 0.2) is 23.2 Å². The van der Waals surface area contributed by atoms with Crippen molar-refractivity contribution >= 4 is 41.3 Å². The standard InChI is InChI=1S/C16H18F4N4OS.HI/c1-2-21-15(23-8-10-3-4-12(25)11(17)7-10)22-6-5-14-24-13(9-26-14)16(18,19)20;/h3-4,7,9,25H,2,5-6,8H2,1H3,(H2,21,22,23);1H. The Morgan fingerprint density at radius 2 is 2.04 bits per heavy atom. The molecule has 1 aromatic heterocycles. The number of aliphatic imine (C=N–C) groups is 1. The first-order valence-electron chi connectivity index (χ1n) is 7.80. The highest BCUT2D eigenvalue weighted by Gasteiger charge is 2.33. The highest BCUT2D eigenvalue weighted by molar-refractivity contribution is 14.0. The van der Waals surface area contributed by atoms with Gasteiger partial charge in [0.05, 0.1) is 11.6 Å². The lowest BCUT2D eigenvalue weighted by Crippen LogP contribution is -2.38. The highest BCUT2D eigenvalue weighted by Crippen LogP contribution is 2.30. The number of nitrogens with zero attached hydrogens (tertiary/aromatic N) is 2. The molecule has 3 N–H and O–H groups in total. The lowest BCUT2D eigenvalue weighted by Gasteiger charge is -2.10. The maximum Gasteiger partial charge on any atom is 0.434 e. The van der Waals surface area contributed by atoms with Gasteiger partial charge in [0.1, 0.15) is 0 Å². The van der Waals surface area contributed by atoms with Gasteiger partial charge in [-0.15, -0.1) is 35.3 Å². The third-order valence-corrected chi connectivity index (χ3v) is 4.16. The number of hydrogen-bond donors (Lipinski definition) is 3. The second kappa shape index (κ2) is 10.6. The second-order valence-electron chi connectivity index (χ2n) is 5.28. The highest BCUT2D eigenvalue weighted by atomic mass is 127. The monoisotopic (exact) mass is 518 g/mol. The van der Waals surface area contributed by atoms with E-state index in [0.717, 1.165) is 16.7 Å². The first kappa shape index (κ1) is 23.4. The van der Waals surface area contributed by atoms with E-state index >= 15 is 0 Å². The van der Waals surface area contributed by atoms with Crippen molar-refractivity contribution in [2.75, 3.05) is 13.1 Å². The zero-order chi connectivity index (χ0) is 19.2. The molecule has 0 amide bonds. The average molecular weight is 518 g/mol. The number of alkyl halides is 3. The van der Waals surface area contributed by atoms with Crippen LogP contribution in [0.25, 0.3) is 0 Å². The SMILES string of the molecule is CCNC(=NCc1ccc(O)c(F)c1)NCCc1nc(C(F)(F)F)cs1.I. The van der Waals surface area contributed by atoms with Crippen LogP contribution in [0, 0.1) is 5.82 Å². The molecule has 1 aromatic carbocycles. The van der Waals surface area contributed by atoms with Crippen molar-refractivity contribution in [2.45, 2.75) is 26.1 Å². The maximum atomic E-state index is 13.3. The summed E-state index contributed by atoms with van der Waals surface area (Å²) in [5, 5.41) is 16.5. The molecular formula is C16H19F4IN4OS. The number of benzene rings is 1. The van der Waals surface area contributed by atoms with Gasteiger partial charge in [0, 0.05) is 24.9 Å². The Kier molecular flexibility index (Phi) is 9.22. The van der Waals surface area contributed by atoms with E-state index in [1.54, 1.807) is 6.07 Å². The molecule has 2 aromatic rings. The van der Waals surface area contributed by atoms with Crippen LogP contribution in [0.5, 0.6) is 5.75 Å². The number of halogens is 5. The topological polar surface area (TPSA) is 69.5 Å². The largest absolute Gasteiger partial charge is 0.505 e. The van der Waals surface area contributed by atoms with Crippen LogP contribution in [-0.4, -0.2) is 29.1 Å². The van der Waals surface area contributed by atoms with Gasteiger partial charge >= 0.3 is 6.18 Å². The van der Waals surface area contributed by atoms with Gasteiger partial charge in [0.2, 0.25) is 0 Å². The van der Waals surface area contributed by atoms with E-state index in [1.807, 2.05) is 6.92 Å². The second-order valence-corrected chi connectivity index (χ2v) is 6.22. The van der Waals surface area contributed by atoms with E-state index in [1.165, 1.54) is 12.1 Å². The van der Waals surface area contributed by atoms with Crippen LogP contribution in [0.1, 0.15) is 23.2 Å². The molecule has 2 rings (SSSR count). The van der Waals surface area contributed by atoms with Crippen LogP contribution >= 0.6 is 35.3 Å². The molecule has 0 unspecified atom stereocenters. The number of aromatic hydroxyl groups is 1. The minimum atomic E-state index is -4.43. The number of thiazole rings is 1. The van der Waals surface area contributed by atoms with Gasteiger partial charge in [-0.05, 0) is 24.6 Å². The van der Waals surface area contributed by atoms with Gasteiger partial charge in [0.25, 0.3) is 0 Å². The number of phenolic OH excluding ortho intramolecular Hbond substituents is 1. The van der Waals surface area contributed by atoms with Gasteiger partial charge in [-0.25, -0.2) is 14.4 Å². The Bertz CT molecular complexity index is 767. The Morgan fingerprint density at radius 3 is 2.63 bits per heavy atom. The molecule has 27 heavy (non-hydrogen) atoms. The Balaban J connectivity index is 0.00000364. The molecule has 5 nitrogen and oxygen atoms in total. The smallest absolute Gasteiger partial charge is 0.434 e. The summed E-state index contributed by atoms with van der Waals surface area (Å²) in [6.07, 6.45) is -4.11. The van der Waals surface area contributed by atoms with Crippen molar-refractivity contribution in [2.24, 2.45) is 4.99 Å². The summed E-state index contributed by atoms with van der Waals surface area (Å²) in [6.45, 7) is 2.99. The molecule has 0 aliphatic heterocycles. The summed E-state index contributed by atoms with van der Waals surface area (Å²) in [7, 11) is 0. The molecule has 0 radical (unpaired) electrons. The van der Waals surface area contributed by atoms with Crippen LogP contribution in [0.3, 0.4) is 0 Å². The zero-order valence-electron chi connectivity index (χ0n) is 14.3. The molecular weight excluding hydrogens is 499 g/mol. The van der Waals surface area contributed by atoms with Crippen LogP contribution in [0.15, 0.2) is 28.6 Å². The molecule has 0 saturated carbocycles. The van der Waals surface area contributed by atoms with Gasteiger partial charge in [-0.1, -0.05) is 6.07 Å². The first-order valence-corrected chi connectivity index (χ1v) is 8.68. The molecule has 150 valence electrons. The van der Waals surface area contributed by atoms with Gasteiger partial charge in [-0.3, -0.25) is 0 Å². The van der Waals surface area contributed by atoms with Crippen molar-refractivity contribution in [1.29, 1.82) is 0 Å². The number of aromatic nitrogens is 1. The van der Waals surface area contributed by atoms with Crippen molar-refractivity contribution in [1.82, 2.24) is 15.6 Å². The molecule has 0 aliphatic rings. The molecule has 1 heterocycles. The van der Waals surface area contributed by atoms with Gasteiger partial charge in [-0.2, -0.15) is 13.2 Å². The summed E-state index contributed by atoms with van der Waals surface area (Å²) < 4.78 is 50.9. The zero-order valence-corrected chi connectivity index (χ0v) is 17.5. The average Bonchev–Trinajstić information content (AvgIpc) is 3.05. The number of phenols is 1. The molecule has 0 aliphatic carbocycles. The molecule has 11 heteroatoms. The molecule has 0 spiro atoms.